The molecule has 0 aliphatic heterocycles. The van der Waals surface area contributed by atoms with Gasteiger partial charge >= 0.3 is 107 Å². The summed E-state index contributed by atoms with van der Waals surface area (Å²) in [4.78, 5) is 19.8. The molecular weight excluding hydrogens is 347 g/mol. The number of halogens is 1. The molecule has 0 amide bonds. The normalized spacial score (nSPS) is 11.4. The van der Waals surface area contributed by atoms with E-state index in [0.29, 0.717) is 13.0 Å². The van der Waals surface area contributed by atoms with E-state index in [4.69, 9.17) is 25.6 Å². The van der Waals surface area contributed by atoms with Gasteiger partial charge in [0.1, 0.15) is 0 Å². The van der Waals surface area contributed by atoms with Crippen LogP contribution in [0.3, 0.4) is 0 Å². The third-order valence-corrected chi connectivity index (χ3v) is 4.86. The molecule has 0 aliphatic carbocycles. The molecule has 0 rings (SSSR count). The average Bonchev–Trinajstić information content (AvgIpc) is 2.36. The molecule has 0 aliphatic rings. The number of rotatable bonds is 10. The van der Waals surface area contributed by atoms with Crippen LogP contribution in [0, 0.1) is 0 Å². The van der Waals surface area contributed by atoms with Gasteiger partial charge in [0.2, 0.25) is 0 Å². The Kier molecular flexibility index (Phi) is 10.6. The quantitative estimate of drug-likeness (QED) is 0.0873. The third kappa shape index (κ3) is 7.56. The Hall–Kier alpha value is -0.340. The van der Waals surface area contributed by atoms with E-state index in [1.807, 2.05) is 0 Å². The van der Waals surface area contributed by atoms with Gasteiger partial charge < -0.3 is 0 Å². The Morgan fingerprint density at radius 2 is 2.12 bits per heavy atom. The van der Waals surface area contributed by atoms with Gasteiger partial charge in [0.15, 0.2) is 0 Å². The van der Waals surface area contributed by atoms with Crippen LogP contribution in [0.15, 0.2) is 12.7 Å². The number of alkyl halides is 1. The van der Waals surface area contributed by atoms with Gasteiger partial charge in [-0.05, 0) is 0 Å². The Morgan fingerprint density at radius 3 is 2.59 bits per heavy atom. The minimum absolute atomic E-state index is 0.129. The van der Waals surface area contributed by atoms with E-state index in [2.05, 4.69) is 16.4 Å². The maximum absolute atomic E-state index is 10.7. The first-order valence-corrected chi connectivity index (χ1v) is 7.85. The summed E-state index contributed by atoms with van der Waals surface area (Å²) in [6.07, 6.45) is 1.58. The van der Waals surface area contributed by atoms with Crippen molar-refractivity contribution < 1.29 is 22.5 Å². The summed E-state index contributed by atoms with van der Waals surface area (Å²) in [6.45, 7) is 3.86. The monoisotopic (exact) mass is 364 g/mol. The van der Waals surface area contributed by atoms with Crippen LogP contribution in [0.5, 0.6) is 0 Å². The van der Waals surface area contributed by atoms with Crippen LogP contribution >= 0.6 is 20.5 Å². The molecule has 17 heavy (non-hydrogen) atoms. The molecule has 0 spiro atoms. The van der Waals surface area contributed by atoms with Gasteiger partial charge in [-0.1, -0.05) is 0 Å². The number of esters is 1. The first-order chi connectivity index (χ1) is 8.19. The number of hydrogen-bond acceptors (Lipinski definition) is 9. The van der Waals surface area contributed by atoms with Gasteiger partial charge in [0.05, 0.1) is 0 Å². The summed E-state index contributed by atoms with van der Waals surface area (Å²) in [5.41, 5.74) is 0. The molecule has 0 heterocycles. The average molecular weight is 364 g/mol. The van der Waals surface area contributed by atoms with Crippen molar-refractivity contribution in [1.82, 2.24) is 3.28 Å². The summed E-state index contributed by atoms with van der Waals surface area (Å²) in [5.74, 6) is 14.5. The van der Waals surface area contributed by atoms with E-state index in [0.717, 1.165) is 6.08 Å². The fourth-order valence-electron chi connectivity index (χ4n) is 0.790. The molecular formula is C7H17IN4O5. The van der Waals surface area contributed by atoms with Crippen molar-refractivity contribution >= 4 is 26.5 Å². The van der Waals surface area contributed by atoms with Crippen molar-refractivity contribution in [3.63, 3.8) is 0 Å². The summed E-state index contributed by atoms with van der Waals surface area (Å²) >= 11 is -2.33. The number of ether oxygens (including phenoxy) is 1. The number of carbonyl (C=O) groups excluding carboxylic acids is 1. The van der Waals surface area contributed by atoms with Crippen LogP contribution in [0.4, 0.5) is 0 Å². The van der Waals surface area contributed by atoms with E-state index in [1.165, 1.54) is 3.28 Å². The first-order valence-electron chi connectivity index (χ1n) is 4.48. The summed E-state index contributed by atoms with van der Waals surface area (Å²) < 4.78 is 10.9. The van der Waals surface area contributed by atoms with E-state index >= 15 is 0 Å². The second-order valence-electron chi connectivity index (χ2n) is 2.53. The number of hydroxylamine groups is 1. The summed E-state index contributed by atoms with van der Waals surface area (Å²) in [5, 5.41) is 0. The zero-order chi connectivity index (χ0) is 13.1. The molecule has 0 aromatic carbocycles. The Bertz CT molecular complexity index is 232. The van der Waals surface area contributed by atoms with Gasteiger partial charge in [-0.15, -0.1) is 0 Å². The fraction of sp³-hybridized carbons (Fsp3) is 0.571. The molecule has 9 nitrogen and oxygen atoms in total. The van der Waals surface area contributed by atoms with Gasteiger partial charge in [0.25, 0.3) is 0 Å². The number of nitrogens with two attached hydrogens (primary N) is 3. The molecule has 0 radical (unpaired) electrons. The number of nitrogens with zero attached hydrogens (tertiary/aromatic N) is 1. The second kappa shape index (κ2) is 10.8. The van der Waals surface area contributed by atoms with Crippen molar-refractivity contribution in [2.24, 2.45) is 17.7 Å². The molecule has 102 valence electrons. The van der Waals surface area contributed by atoms with Gasteiger partial charge in [-0.3, -0.25) is 0 Å². The number of hydrogen-bond donors (Lipinski definition) is 3. The molecule has 0 aromatic rings. The molecule has 0 fully saturated rings. The van der Waals surface area contributed by atoms with E-state index in [-0.39, 0.29) is 11.2 Å². The van der Waals surface area contributed by atoms with Gasteiger partial charge in [-0.25, -0.2) is 0 Å². The number of carbonyl (C=O) groups is 1. The van der Waals surface area contributed by atoms with Crippen LogP contribution in [0.2, 0.25) is 0 Å². The zero-order valence-corrected chi connectivity index (χ0v) is 11.4. The van der Waals surface area contributed by atoms with Gasteiger partial charge in [0, 0.05) is 0 Å². The standard InChI is InChI=1S/C7H17IN4O5/c1-2-7(13)14-5-3-4-12(17-11)8(16-10)6-15-9/h2H,1,3-6,9-11H2. The van der Waals surface area contributed by atoms with E-state index < -0.39 is 26.5 Å². The van der Waals surface area contributed by atoms with Crippen LogP contribution < -0.4 is 17.7 Å². The van der Waals surface area contributed by atoms with Crippen LogP contribution in [0.25, 0.3) is 0 Å². The zero-order valence-electron chi connectivity index (χ0n) is 9.21. The molecule has 0 unspecified atom stereocenters. The molecule has 0 saturated heterocycles. The Labute approximate surface area is 107 Å². The van der Waals surface area contributed by atoms with Crippen molar-refractivity contribution in [3.8, 4) is 0 Å². The SMILES string of the molecule is C=CC(=O)OCCCN(ON)I(CON)ON. The fourth-order valence-corrected chi connectivity index (χ4v) is 2.94. The molecule has 0 bridgehead atoms. The minimum atomic E-state index is -2.33. The maximum atomic E-state index is 10.7. The summed E-state index contributed by atoms with van der Waals surface area (Å²) in [6, 6.07) is 0. The third-order valence-electron chi connectivity index (χ3n) is 1.47. The van der Waals surface area contributed by atoms with Crippen LogP contribution in [0.1, 0.15) is 6.42 Å². The molecule has 0 atom stereocenters. The predicted octanol–water partition coefficient (Wildman–Crippen LogP) is -0.712. The first kappa shape index (κ1) is 16.7. The Balaban J connectivity index is 3.87. The molecule has 6 N–H and O–H groups in total. The van der Waals surface area contributed by atoms with Gasteiger partial charge in [-0.2, -0.15) is 0 Å². The van der Waals surface area contributed by atoms with Crippen molar-refractivity contribution in [1.29, 1.82) is 0 Å². The van der Waals surface area contributed by atoms with E-state index in [1.54, 1.807) is 0 Å². The molecule has 0 aromatic heterocycles. The van der Waals surface area contributed by atoms with Crippen molar-refractivity contribution in [2.45, 2.75) is 6.42 Å². The topological polar surface area (TPSA) is 135 Å². The van der Waals surface area contributed by atoms with Crippen molar-refractivity contribution in [3.05, 3.63) is 12.7 Å². The molecule has 0 saturated carbocycles. The van der Waals surface area contributed by atoms with Crippen LogP contribution in [-0.2, 0) is 22.5 Å². The van der Waals surface area contributed by atoms with E-state index in [9.17, 15) is 4.79 Å². The summed E-state index contributed by atoms with van der Waals surface area (Å²) in [7, 11) is 0. The molecule has 10 heteroatoms. The Morgan fingerprint density at radius 1 is 1.41 bits per heavy atom. The second-order valence-corrected chi connectivity index (χ2v) is 6.44. The van der Waals surface area contributed by atoms with Crippen LogP contribution in [-0.4, -0.2) is 27.0 Å². The van der Waals surface area contributed by atoms with Crippen molar-refractivity contribution in [2.75, 3.05) is 17.8 Å². The predicted molar refractivity (Wildman–Crippen MR) is 67.2 cm³/mol.